The monoisotopic (exact) mass is 245 g/mol. The molecule has 0 aliphatic carbocycles. The number of nitrogens with zero attached hydrogens (tertiary/aromatic N) is 1. The summed E-state index contributed by atoms with van der Waals surface area (Å²) in [6, 6.07) is 1.69. The van der Waals surface area contributed by atoms with Crippen LogP contribution in [0.15, 0.2) is 12.1 Å². The molecule has 84 valence electrons. The highest BCUT2D eigenvalue weighted by Crippen LogP contribution is 2.43. The van der Waals surface area contributed by atoms with Crippen LogP contribution in [0.5, 0.6) is 0 Å². The fraction of sp³-hybridized carbons (Fsp3) is 0.375. The highest BCUT2D eigenvalue weighted by molar-refractivity contribution is 6.30. The number of halogens is 6. The van der Waals surface area contributed by atoms with E-state index in [4.69, 9.17) is 11.6 Å². The molecule has 1 heterocycles. The molecule has 0 unspecified atom stereocenters. The minimum atomic E-state index is -5.67. The first-order chi connectivity index (χ1) is 6.64. The van der Waals surface area contributed by atoms with Crippen LogP contribution in [-0.4, -0.2) is 11.2 Å². The molecule has 0 radical (unpaired) electrons. The minimum Gasteiger partial charge on any atom is -0.251 e. The molecule has 0 fully saturated rings. The van der Waals surface area contributed by atoms with Crippen molar-refractivity contribution in [3.05, 3.63) is 28.5 Å². The molecular weight excluding hydrogens is 241 g/mol. The minimum absolute atomic E-state index is 0.00132. The molecule has 0 saturated heterocycles. The average molecular weight is 246 g/mol. The van der Waals surface area contributed by atoms with Gasteiger partial charge in [-0.15, -0.1) is 0 Å². The van der Waals surface area contributed by atoms with Crippen LogP contribution in [0.3, 0.4) is 0 Å². The maximum atomic E-state index is 12.8. The van der Waals surface area contributed by atoms with Gasteiger partial charge < -0.3 is 0 Å². The van der Waals surface area contributed by atoms with Gasteiger partial charge in [-0.3, -0.25) is 4.98 Å². The van der Waals surface area contributed by atoms with Crippen molar-refractivity contribution in [1.82, 2.24) is 4.98 Å². The van der Waals surface area contributed by atoms with Crippen molar-refractivity contribution in [2.24, 2.45) is 0 Å². The Morgan fingerprint density at radius 3 is 2.07 bits per heavy atom. The van der Waals surface area contributed by atoms with E-state index in [1.807, 2.05) is 0 Å². The van der Waals surface area contributed by atoms with Crippen LogP contribution < -0.4 is 0 Å². The van der Waals surface area contributed by atoms with Gasteiger partial charge in [0, 0.05) is 10.7 Å². The zero-order valence-corrected chi connectivity index (χ0v) is 8.13. The number of pyridine rings is 1. The summed E-state index contributed by atoms with van der Waals surface area (Å²) >= 11 is 5.37. The van der Waals surface area contributed by atoms with E-state index < -0.39 is 17.8 Å². The van der Waals surface area contributed by atoms with Gasteiger partial charge in [0.2, 0.25) is 0 Å². The van der Waals surface area contributed by atoms with Gasteiger partial charge in [-0.05, 0) is 19.1 Å². The van der Waals surface area contributed by atoms with Crippen molar-refractivity contribution in [2.75, 3.05) is 0 Å². The third-order valence-electron chi connectivity index (χ3n) is 1.60. The molecule has 1 nitrogen and oxygen atoms in total. The van der Waals surface area contributed by atoms with Gasteiger partial charge in [0.05, 0.1) is 0 Å². The van der Waals surface area contributed by atoms with Crippen molar-refractivity contribution in [1.29, 1.82) is 0 Å². The van der Waals surface area contributed by atoms with Gasteiger partial charge in [0.25, 0.3) is 0 Å². The van der Waals surface area contributed by atoms with Crippen LogP contribution in [0.25, 0.3) is 0 Å². The van der Waals surface area contributed by atoms with E-state index in [1.54, 1.807) is 0 Å². The van der Waals surface area contributed by atoms with Gasteiger partial charge in [-0.25, -0.2) is 0 Å². The Labute approximate surface area is 86.9 Å². The summed E-state index contributed by atoms with van der Waals surface area (Å²) < 4.78 is 61.4. The van der Waals surface area contributed by atoms with Gasteiger partial charge in [-0.1, -0.05) is 11.6 Å². The molecule has 0 atom stereocenters. The summed E-state index contributed by atoms with van der Waals surface area (Å²) in [4.78, 5) is 3.12. The molecule has 0 spiro atoms. The molecule has 0 amide bonds. The topological polar surface area (TPSA) is 12.9 Å². The maximum absolute atomic E-state index is 12.8. The van der Waals surface area contributed by atoms with Crippen LogP contribution >= 0.6 is 11.6 Å². The molecule has 7 heteroatoms. The molecule has 0 aromatic carbocycles. The second-order valence-electron chi connectivity index (χ2n) is 2.88. The molecule has 0 aliphatic rings. The lowest BCUT2D eigenvalue weighted by atomic mass is 10.2. The van der Waals surface area contributed by atoms with Crippen LogP contribution in [0, 0.1) is 6.92 Å². The fourth-order valence-corrected chi connectivity index (χ4v) is 1.19. The van der Waals surface area contributed by atoms with E-state index in [0.29, 0.717) is 6.07 Å². The van der Waals surface area contributed by atoms with Crippen LogP contribution in [0.4, 0.5) is 22.0 Å². The normalized spacial score (nSPS) is 13.0. The van der Waals surface area contributed by atoms with Gasteiger partial charge >= 0.3 is 12.1 Å². The SMILES string of the molecule is Cc1cc(Cl)cc(C(F)(F)C(F)(F)F)n1. The molecule has 0 aliphatic heterocycles. The summed E-state index contributed by atoms with van der Waals surface area (Å²) in [5.74, 6) is -4.98. The Bertz CT molecular complexity index is 354. The number of hydrogen-bond donors (Lipinski definition) is 0. The number of hydrogen-bond acceptors (Lipinski definition) is 1. The molecule has 0 N–H and O–H groups in total. The molecule has 0 saturated carbocycles. The van der Waals surface area contributed by atoms with Crippen molar-refractivity contribution in [3.63, 3.8) is 0 Å². The van der Waals surface area contributed by atoms with Crippen molar-refractivity contribution < 1.29 is 22.0 Å². The number of alkyl halides is 5. The molecular formula is C8H5ClF5N. The quantitative estimate of drug-likeness (QED) is 0.688. The van der Waals surface area contributed by atoms with E-state index in [-0.39, 0.29) is 10.7 Å². The molecule has 0 bridgehead atoms. The average Bonchev–Trinajstić information content (AvgIpc) is 1.99. The number of rotatable bonds is 1. The van der Waals surface area contributed by atoms with Crippen molar-refractivity contribution in [3.8, 4) is 0 Å². The van der Waals surface area contributed by atoms with E-state index in [1.165, 1.54) is 13.0 Å². The third kappa shape index (κ3) is 2.37. The fourth-order valence-electron chi connectivity index (χ4n) is 0.932. The second kappa shape index (κ2) is 3.59. The lowest BCUT2D eigenvalue weighted by Gasteiger charge is -2.19. The Hall–Kier alpha value is -0.910. The van der Waals surface area contributed by atoms with Crippen molar-refractivity contribution in [2.45, 2.75) is 19.0 Å². The van der Waals surface area contributed by atoms with Crippen LogP contribution in [0.2, 0.25) is 5.02 Å². The first-order valence-electron chi connectivity index (χ1n) is 3.74. The Kier molecular flexibility index (Phi) is 2.91. The van der Waals surface area contributed by atoms with E-state index in [0.717, 1.165) is 0 Å². The number of aromatic nitrogens is 1. The first kappa shape index (κ1) is 12.2. The van der Waals surface area contributed by atoms with E-state index >= 15 is 0 Å². The summed E-state index contributed by atoms with van der Waals surface area (Å²) in [6.45, 7) is 1.28. The van der Waals surface area contributed by atoms with Crippen molar-refractivity contribution >= 4 is 11.6 Å². The summed E-state index contributed by atoms with van der Waals surface area (Å²) in [5, 5.41) is -0.207. The van der Waals surface area contributed by atoms with Crippen LogP contribution in [0.1, 0.15) is 11.4 Å². The molecule has 1 aromatic heterocycles. The molecule has 1 aromatic rings. The smallest absolute Gasteiger partial charge is 0.251 e. The summed E-state index contributed by atoms with van der Waals surface area (Å²) in [5.41, 5.74) is -1.39. The largest absolute Gasteiger partial charge is 0.459 e. The highest BCUT2D eigenvalue weighted by atomic mass is 35.5. The Morgan fingerprint density at radius 1 is 1.13 bits per heavy atom. The van der Waals surface area contributed by atoms with Crippen LogP contribution in [-0.2, 0) is 5.92 Å². The van der Waals surface area contributed by atoms with Gasteiger partial charge in [0.15, 0.2) is 0 Å². The Balaban J connectivity index is 3.27. The zero-order chi connectivity index (χ0) is 11.9. The predicted octanol–water partition coefficient (Wildman–Crippen LogP) is 3.70. The summed E-state index contributed by atoms with van der Waals surface area (Å²) in [6.07, 6.45) is -5.67. The van der Waals surface area contributed by atoms with E-state index in [2.05, 4.69) is 4.98 Å². The Morgan fingerprint density at radius 2 is 1.67 bits per heavy atom. The lowest BCUT2D eigenvalue weighted by Crippen LogP contribution is -2.34. The molecule has 1 rings (SSSR count). The predicted molar refractivity (Wildman–Crippen MR) is 43.9 cm³/mol. The third-order valence-corrected chi connectivity index (χ3v) is 1.81. The highest BCUT2D eigenvalue weighted by Gasteiger charge is 2.60. The summed E-state index contributed by atoms with van der Waals surface area (Å²) in [7, 11) is 0. The molecule has 15 heavy (non-hydrogen) atoms. The first-order valence-corrected chi connectivity index (χ1v) is 4.11. The van der Waals surface area contributed by atoms with Gasteiger partial charge in [0.1, 0.15) is 5.69 Å². The van der Waals surface area contributed by atoms with E-state index in [9.17, 15) is 22.0 Å². The lowest BCUT2D eigenvalue weighted by molar-refractivity contribution is -0.291. The van der Waals surface area contributed by atoms with Gasteiger partial charge in [-0.2, -0.15) is 22.0 Å². The maximum Gasteiger partial charge on any atom is 0.459 e. The second-order valence-corrected chi connectivity index (χ2v) is 3.32. The standard InChI is InChI=1S/C8H5ClF5N/c1-4-2-5(9)3-6(15-4)7(10,11)8(12,13)14/h2-3H,1H3. The number of aryl methyl sites for hydroxylation is 1. The zero-order valence-electron chi connectivity index (χ0n) is 7.37.